The van der Waals surface area contributed by atoms with Gasteiger partial charge in [-0.2, -0.15) is 4.98 Å². The first-order chi connectivity index (χ1) is 16.3. The Labute approximate surface area is 194 Å². The fraction of sp³-hybridized carbons (Fsp3) is 0.423. The molecule has 2 aliphatic rings. The van der Waals surface area contributed by atoms with E-state index in [1.165, 1.54) is 11.1 Å². The number of nitrogens with zero attached hydrogens (tertiary/aromatic N) is 4. The summed E-state index contributed by atoms with van der Waals surface area (Å²) in [6, 6.07) is 14.5. The molecule has 0 aliphatic carbocycles. The van der Waals surface area contributed by atoms with Gasteiger partial charge in [-0.25, -0.2) is 0 Å². The van der Waals surface area contributed by atoms with Crippen LogP contribution >= 0.6 is 0 Å². The number of carbonyl (C=O) groups excluding carboxylic acids is 1. The van der Waals surface area contributed by atoms with E-state index in [2.05, 4.69) is 49.4 Å². The summed E-state index contributed by atoms with van der Waals surface area (Å²) < 4.78 is 5.84. The Hall–Kier alpha value is -3.19. The summed E-state index contributed by atoms with van der Waals surface area (Å²) in [5.74, 6) is 1.27. The van der Waals surface area contributed by atoms with Crippen LogP contribution < -0.4 is 15.0 Å². The lowest BCUT2D eigenvalue weighted by Crippen LogP contribution is -2.31. The molecule has 7 heteroatoms. The Bertz CT molecular complexity index is 1110. The molecule has 33 heavy (non-hydrogen) atoms. The number of hydrogen-bond donors (Lipinski definition) is 1. The van der Waals surface area contributed by atoms with Crippen molar-refractivity contribution in [3.8, 4) is 5.88 Å². The molecule has 0 saturated carbocycles. The Morgan fingerprint density at radius 2 is 1.94 bits per heavy atom. The fourth-order valence-electron chi connectivity index (χ4n) is 4.72. The number of unbranched alkanes of at least 4 members (excludes halogenated alkanes) is 1. The zero-order valence-electron chi connectivity index (χ0n) is 19.0. The number of pyridine rings is 2. The molecular weight excluding hydrogens is 414 g/mol. The zero-order valence-corrected chi connectivity index (χ0v) is 19.0. The number of benzene rings is 1. The summed E-state index contributed by atoms with van der Waals surface area (Å²) >= 11 is 0. The van der Waals surface area contributed by atoms with Crippen LogP contribution in [0.3, 0.4) is 0 Å². The Balaban J connectivity index is 1.07. The molecule has 0 bridgehead atoms. The largest absolute Gasteiger partial charge is 0.478 e. The molecule has 0 unspecified atom stereocenters. The molecule has 1 saturated heterocycles. The van der Waals surface area contributed by atoms with Gasteiger partial charge in [0.1, 0.15) is 5.82 Å². The second kappa shape index (κ2) is 10.2. The van der Waals surface area contributed by atoms with E-state index in [4.69, 9.17) is 4.74 Å². The molecule has 1 N–H and O–H groups in total. The van der Waals surface area contributed by atoms with E-state index in [-0.39, 0.29) is 5.91 Å². The highest BCUT2D eigenvalue weighted by Gasteiger charge is 2.18. The summed E-state index contributed by atoms with van der Waals surface area (Å²) in [6.45, 7) is 6.05. The van der Waals surface area contributed by atoms with Gasteiger partial charge < -0.3 is 19.9 Å². The molecule has 1 aromatic carbocycles. The number of rotatable bonds is 7. The molecule has 0 spiro atoms. The van der Waals surface area contributed by atoms with Crippen molar-refractivity contribution in [1.82, 2.24) is 14.9 Å². The molecule has 7 nitrogen and oxygen atoms in total. The number of nitrogens with one attached hydrogen (secondary N) is 1. The number of ether oxygens (including phenoxy) is 1. The smallest absolute Gasteiger partial charge is 0.225 e. The zero-order chi connectivity index (χ0) is 22.5. The summed E-state index contributed by atoms with van der Waals surface area (Å²) in [6.07, 6.45) is 6.39. The van der Waals surface area contributed by atoms with Crippen LogP contribution in [0.25, 0.3) is 10.9 Å². The van der Waals surface area contributed by atoms with Crippen LogP contribution in [0.2, 0.25) is 0 Å². The Kier molecular flexibility index (Phi) is 6.67. The molecule has 1 amide bonds. The van der Waals surface area contributed by atoms with E-state index < -0.39 is 0 Å². The minimum atomic E-state index is 0.0280. The van der Waals surface area contributed by atoms with Crippen LogP contribution in [0.5, 0.6) is 5.88 Å². The predicted octanol–water partition coefficient (Wildman–Crippen LogP) is 3.89. The highest BCUT2D eigenvalue weighted by molar-refractivity contribution is 5.93. The molecule has 0 radical (unpaired) electrons. The number of anilines is 2. The maximum Gasteiger partial charge on any atom is 0.225 e. The number of carbonyl (C=O) groups is 1. The Morgan fingerprint density at radius 1 is 0.970 bits per heavy atom. The number of aromatic nitrogens is 2. The van der Waals surface area contributed by atoms with Crippen LogP contribution in [0.4, 0.5) is 11.5 Å². The lowest BCUT2D eigenvalue weighted by molar-refractivity contribution is -0.116. The molecule has 2 aromatic heterocycles. The molecular formula is C26H31N5O2. The fourth-order valence-corrected chi connectivity index (χ4v) is 4.72. The minimum Gasteiger partial charge on any atom is -0.478 e. The second-order valence-corrected chi connectivity index (χ2v) is 8.79. The van der Waals surface area contributed by atoms with Crippen molar-refractivity contribution in [2.24, 2.45) is 0 Å². The predicted molar refractivity (Wildman–Crippen MR) is 131 cm³/mol. The number of aryl methyl sites for hydroxylation is 1. The molecule has 2 aliphatic heterocycles. The van der Waals surface area contributed by atoms with Crippen LogP contribution in [0.1, 0.15) is 31.2 Å². The van der Waals surface area contributed by atoms with E-state index in [1.54, 1.807) is 0 Å². The summed E-state index contributed by atoms with van der Waals surface area (Å²) in [5, 5.41) is 4.07. The van der Waals surface area contributed by atoms with Crippen molar-refractivity contribution < 1.29 is 9.53 Å². The van der Waals surface area contributed by atoms with Gasteiger partial charge in [0.05, 0.1) is 12.1 Å². The first-order valence-electron chi connectivity index (χ1n) is 12.0. The second-order valence-electron chi connectivity index (χ2n) is 8.79. The van der Waals surface area contributed by atoms with E-state index >= 15 is 0 Å². The molecule has 172 valence electrons. The van der Waals surface area contributed by atoms with Crippen molar-refractivity contribution in [3.63, 3.8) is 0 Å². The van der Waals surface area contributed by atoms with Gasteiger partial charge in [-0.3, -0.25) is 9.78 Å². The van der Waals surface area contributed by atoms with Gasteiger partial charge in [0.15, 0.2) is 0 Å². The van der Waals surface area contributed by atoms with Crippen molar-refractivity contribution in [3.05, 3.63) is 54.2 Å². The summed E-state index contributed by atoms with van der Waals surface area (Å²) in [5.41, 5.74) is 3.44. The highest BCUT2D eigenvalue weighted by Crippen LogP contribution is 2.26. The van der Waals surface area contributed by atoms with Crippen LogP contribution in [-0.2, 0) is 11.2 Å². The average molecular weight is 446 g/mol. The van der Waals surface area contributed by atoms with Crippen molar-refractivity contribution in [2.75, 3.05) is 49.5 Å². The standard InChI is InChI=1S/C26H31N5O2/c32-24-11-9-20-10-12-25(29-26(20)28-24)33-19-2-1-14-30-15-5-16-31(18-17-30)23-8-3-7-22-21(23)6-4-13-27-22/h3-4,6-8,10,12-13H,1-2,5,9,11,14-19H2,(H,28,29,32). The average Bonchev–Trinajstić information content (AvgIpc) is 3.09. The van der Waals surface area contributed by atoms with Crippen LogP contribution in [-0.4, -0.2) is 60.1 Å². The normalized spacial score (nSPS) is 16.8. The lowest BCUT2D eigenvalue weighted by Gasteiger charge is -2.25. The van der Waals surface area contributed by atoms with Crippen molar-refractivity contribution in [1.29, 1.82) is 0 Å². The quantitative estimate of drug-likeness (QED) is 0.557. The van der Waals surface area contributed by atoms with Gasteiger partial charge >= 0.3 is 0 Å². The third-order valence-electron chi connectivity index (χ3n) is 6.50. The number of fused-ring (bicyclic) bond motifs is 2. The van der Waals surface area contributed by atoms with Gasteiger partial charge in [0, 0.05) is 49.4 Å². The maximum absolute atomic E-state index is 11.6. The van der Waals surface area contributed by atoms with Gasteiger partial charge in [-0.15, -0.1) is 0 Å². The summed E-state index contributed by atoms with van der Waals surface area (Å²) in [7, 11) is 0. The molecule has 1 fully saturated rings. The van der Waals surface area contributed by atoms with Gasteiger partial charge in [-0.1, -0.05) is 6.07 Å². The highest BCUT2D eigenvalue weighted by atomic mass is 16.5. The first-order valence-corrected chi connectivity index (χ1v) is 12.0. The molecule has 4 heterocycles. The van der Waals surface area contributed by atoms with E-state index in [0.29, 0.717) is 24.7 Å². The van der Waals surface area contributed by atoms with Crippen molar-refractivity contribution in [2.45, 2.75) is 32.1 Å². The number of hydrogen-bond acceptors (Lipinski definition) is 6. The first kappa shape index (κ1) is 21.6. The third-order valence-corrected chi connectivity index (χ3v) is 6.50. The minimum absolute atomic E-state index is 0.0280. The third kappa shape index (κ3) is 5.25. The SMILES string of the molecule is O=C1CCc2ccc(OCCCCN3CCCN(c4cccc5ncccc45)CC3)nc2N1. The van der Waals surface area contributed by atoms with E-state index in [9.17, 15) is 4.79 Å². The molecule has 5 rings (SSSR count). The van der Waals surface area contributed by atoms with E-state index in [1.807, 2.05) is 24.4 Å². The maximum atomic E-state index is 11.6. The monoisotopic (exact) mass is 445 g/mol. The topological polar surface area (TPSA) is 70.6 Å². The Morgan fingerprint density at radius 3 is 2.91 bits per heavy atom. The summed E-state index contributed by atoms with van der Waals surface area (Å²) in [4.78, 5) is 25.6. The van der Waals surface area contributed by atoms with Crippen molar-refractivity contribution >= 4 is 28.3 Å². The van der Waals surface area contributed by atoms with E-state index in [0.717, 1.165) is 69.5 Å². The molecule has 0 atom stereocenters. The number of amides is 1. The van der Waals surface area contributed by atoms with Gasteiger partial charge in [-0.05, 0) is 74.7 Å². The van der Waals surface area contributed by atoms with Gasteiger partial charge in [0.2, 0.25) is 11.8 Å². The van der Waals surface area contributed by atoms with Crippen LogP contribution in [0, 0.1) is 0 Å². The van der Waals surface area contributed by atoms with Gasteiger partial charge in [0.25, 0.3) is 0 Å². The lowest BCUT2D eigenvalue weighted by atomic mass is 10.1. The molecule has 3 aromatic rings. The van der Waals surface area contributed by atoms with Crippen LogP contribution in [0.15, 0.2) is 48.7 Å².